The van der Waals surface area contributed by atoms with Crippen molar-refractivity contribution in [2.24, 2.45) is 5.92 Å². The highest BCUT2D eigenvalue weighted by Crippen LogP contribution is 2.38. The van der Waals surface area contributed by atoms with Crippen molar-refractivity contribution in [2.75, 3.05) is 38.6 Å². The predicted molar refractivity (Wildman–Crippen MR) is 63.6 cm³/mol. The van der Waals surface area contributed by atoms with E-state index in [2.05, 4.69) is 9.88 Å². The van der Waals surface area contributed by atoms with Crippen LogP contribution in [0.2, 0.25) is 0 Å². The standard InChI is InChI=1S/C12H18N4/c1-15(2)12-6-13-5-11(14-12)10-8-16-4-3-9(10)7-16/h5-6,9-10H,3-4,7-8H2,1-2H3/t9-,10-/m1/s1. The van der Waals surface area contributed by atoms with Crippen molar-refractivity contribution in [3.8, 4) is 0 Å². The fraction of sp³-hybridized carbons (Fsp3) is 0.667. The third-order valence-electron chi connectivity index (χ3n) is 3.81. The highest BCUT2D eigenvalue weighted by atomic mass is 15.2. The predicted octanol–water partition coefficient (Wildman–Crippen LogP) is 0.962. The topological polar surface area (TPSA) is 32.3 Å². The van der Waals surface area contributed by atoms with Crippen molar-refractivity contribution in [3.05, 3.63) is 18.1 Å². The monoisotopic (exact) mass is 218 g/mol. The molecule has 4 heteroatoms. The summed E-state index contributed by atoms with van der Waals surface area (Å²) in [6.07, 6.45) is 5.11. The first-order valence-electron chi connectivity index (χ1n) is 5.95. The van der Waals surface area contributed by atoms with Gasteiger partial charge in [0, 0.05) is 39.3 Å². The normalized spacial score (nSPS) is 32.0. The second-order valence-electron chi connectivity index (χ2n) is 5.11. The number of nitrogens with zero attached hydrogens (tertiary/aromatic N) is 4. The summed E-state index contributed by atoms with van der Waals surface area (Å²) in [5, 5.41) is 0. The van der Waals surface area contributed by atoms with E-state index in [1.54, 1.807) is 0 Å². The average Bonchev–Trinajstić information content (AvgIpc) is 2.91. The molecule has 0 amide bonds. The SMILES string of the molecule is CN(C)c1cncc([C@@H]2CN3CC[C@@H]2C3)n1. The Hall–Kier alpha value is -1.16. The van der Waals surface area contributed by atoms with Crippen LogP contribution in [0, 0.1) is 5.92 Å². The number of rotatable bonds is 2. The molecule has 2 fully saturated rings. The van der Waals surface area contributed by atoms with Crippen LogP contribution in [0.1, 0.15) is 18.0 Å². The minimum absolute atomic E-state index is 0.612. The molecule has 3 rings (SSSR count). The van der Waals surface area contributed by atoms with Gasteiger partial charge in [-0.1, -0.05) is 0 Å². The highest BCUT2D eigenvalue weighted by Gasteiger charge is 2.39. The summed E-state index contributed by atoms with van der Waals surface area (Å²) in [5.74, 6) is 2.39. The van der Waals surface area contributed by atoms with Gasteiger partial charge in [-0.05, 0) is 18.9 Å². The van der Waals surface area contributed by atoms with Crippen LogP contribution in [-0.4, -0.2) is 48.6 Å². The van der Waals surface area contributed by atoms with E-state index in [-0.39, 0.29) is 0 Å². The maximum absolute atomic E-state index is 4.71. The summed E-state index contributed by atoms with van der Waals surface area (Å²) in [6, 6.07) is 0. The molecule has 2 saturated heterocycles. The largest absolute Gasteiger partial charge is 0.361 e. The Balaban J connectivity index is 1.86. The van der Waals surface area contributed by atoms with E-state index in [4.69, 9.17) is 4.98 Å². The summed E-state index contributed by atoms with van der Waals surface area (Å²) in [5.41, 5.74) is 1.18. The minimum Gasteiger partial charge on any atom is -0.361 e. The average molecular weight is 218 g/mol. The van der Waals surface area contributed by atoms with Gasteiger partial charge in [-0.2, -0.15) is 0 Å². The number of piperidine rings is 1. The number of anilines is 1. The van der Waals surface area contributed by atoms with Gasteiger partial charge in [-0.25, -0.2) is 4.98 Å². The van der Waals surface area contributed by atoms with E-state index in [1.807, 2.05) is 31.4 Å². The molecule has 3 atom stereocenters. The molecule has 1 unspecified atom stereocenters. The fourth-order valence-electron chi connectivity index (χ4n) is 2.88. The van der Waals surface area contributed by atoms with Crippen molar-refractivity contribution in [2.45, 2.75) is 12.3 Å². The molecule has 4 nitrogen and oxygen atoms in total. The maximum atomic E-state index is 4.71. The van der Waals surface area contributed by atoms with Crippen molar-refractivity contribution >= 4 is 5.82 Å². The number of aromatic nitrogens is 2. The Kier molecular flexibility index (Phi) is 2.32. The van der Waals surface area contributed by atoms with E-state index in [9.17, 15) is 0 Å². The lowest BCUT2D eigenvalue weighted by atomic mass is 9.90. The molecule has 2 aliphatic rings. The van der Waals surface area contributed by atoms with Gasteiger partial charge in [-0.15, -0.1) is 0 Å². The van der Waals surface area contributed by atoms with Crippen LogP contribution in [-0.2, 0) is 0 Å². The Morgan fingerprint density at radius 3 is 2.81 bits per heavy atom. The summed E-state index contributed by atoms with van der Waals surface area (Å²) < 4.78 is 0. The Labute approximate surface area is 96.3 Å². The molecular weight excluding hydrogens is 200 g/mol. The third-order valence-corrected chi connectivity index (χ3v) is 3.81. The lowest BCUT2D eigenvalue weighted by molar-refractivity contribution is 0.343. The van der Waals surface area contributed by atoms with Gasteiger partial charge >= 0.3 is 0 Å². The van der Waals surface area contributed by atoms with Gasteiger partial charge in [-0.3, -0.25) is 4.98 Å². The zero-order valence-corrected chi connectivity index (χ0v) is 9.93. The van der Waals surface area contributed by atoms with Crippen molar-refractivity contribution in [1.29, 1.82) is 0 Å². The fourth-order valence-corrected chi connectivity index (χ4v) is 2.88. The van der Waals surface area contributed by atoms with Gasteiger partial charge in [0.2, 0.25) is 0 Å². The van der Waals surface area contributed by atoms with Crippen molar-refractivity contribution < 1.29 is 0 Å². The molecule has 0 saturated carbocycles. The van der Waals surface area contributed by atoms with Gasteiger partial charge < -0.3 is 9.80 Å². The third kappa shape index (κ3) is 1.57. The van der Waals surface area contributed by atoms with Crippen LogP contribution in [0.4, 0.5) is 5.82 Å². The molecule has 2 aliphatic heterocycles. The zero-order chi connectivity index (χ0) is 11.1. The van der Waals surface area contributed by atoms with Gasteiger partial charge in [0.1, 0.15) is 5.82 Å². The molecule has 0 spiro atoms. The van der Waals surface area contributed by atoms with Crippen LogP contribution >= 0.6 is 0 Å². The zero-order valence-electron chi connectivity index (χ0n) is 9.93. The number of hydrogen-bond donors (Lipinski definition) is 0. The number of fused-ring (bicyclic) bond motifs is 2. The van der Waals surface area contributed by atoms with Crippen LogP contribution in [0.25, 0.3) is 0 Å². The Morgan fingerprint density at radius 1 is 1.31 bits per heavy atom. The quantitative estimate of drug-likeness (QED) is 0.740. The smallest absolute Gasteiger partial charge is 0.146 e. The summed E-state index contributed by atoms with van der Waals surface area (Å²) in [4.78, 5) is 13.6. The molecule has 2 bridgehead atoms. The molecule has 0 aromatic carbocycles. The van der Waals surface area contributed by atoms with Crippen molar-refractivity contribution in [1.82, 2.24) is 14.9 Å². The van der Waals surface area contributed by atoms with Crippen LogP contribution < -0.4 is 4.90 Å². The van der Waals surface area contributed by atoms with Crippen LogP contribution in [0.15, 0.2) is 12.4 Å². The molecule has 3 heterocycles. The van der Waals surface area contributed by atoms with E-state index >= 15 is 0 Å². The molecule has 1 aromatic rings. The Morgan fingerprint density at radius 2 is 2.19 bits per heavy atom. The van der Waals surface area contributed by atoms with E-state index in [1.165, 1.54) is 31.7 Å². The maximum Gasteiger partial charge on any atom is 0.146 e. The van der Waals surface area contributed by atoms with Gasteiger partial charge in [0.25, 0.3) is 0 Å². The second-order valence-corrected chi connectivity index (χ2v) is 5.11. The molecule has 86 valence electrons. The van der Waals surface area contributed by atoms with E-state index in [0.717, 1.165) is 11.7 Å². The Bertz CT molecular complexity index is 390. The minimum atomic E-state index is 0.612. The summed E-state index contributed by atoms with van der Waals surface area (Å²) in [6.45, 7) is 3.72. The first-order valence-corrected chi connectivity index (χ1v) is 5.95. The van der Waals surface area contributed by atoms with Gasteiger partial charge in [0.15, 0.2) is 0 Å². The summed E-state index contributed by atoms with van der Waals surface area (Å²) >= 11 is 0. The lowest BCUT2D eigenvalue weighted by Crippen LogP contribution is -2.23. The number of hydrogen-bond acceptors (Lipinski definition) is 4. The van der Waals surface area contributed by atoms with E-state index in [0.29, 0.717) is 5.92 Å². The summed E-state index contributed by atoms with van der Waals surface area (Å²) in [7, 11) is 4.02. The second kappa shape index (κ2) is 3.70. The molecular formula is C12H18N4. The lowest BCUT2D eigenvalue weighted by Gasteiger charge is -2.22. The first kappa shape index (κ1) is 10.0. The van der Waals surface area contributed by atoms with E-state index < -0.39 is 0 Å². The molecule has 1 aromatic heterocycles. The molecule has 0 N–H and O–H groups in total. The van der Waals surface area contributed by atoms with Crippen molar-refractivity contribution in [3.63, 3.8) is 0 Å². The molecule has 16 heavy (non-hydrogen) atoms. The van der Waals surface area contributed by atoms with Gasteiger partial charge in [0.05, 0.1) is 11.9 Å². The van der Waals surface area contributed by atoms with Crippen LogP contribution in [0.3, 0.4) is 0 Å². The highest BCUT2D eigenvalue weighted by molar-refractivity contribution is 5.34. The molecule has 0 radical (unpaired) electrons. The molecule has 0 aliphatic carbocycles. The first-order chi connectivity index (χ1) is 7.74. The van der Waals surface area contributed by atoms with Crippen LogP contribution in [0.5, 0.6) is 0 Å².